The summed E-state index contributed by atoms with van der Waals surface area (Å²) in [6.07, 6.45) is 0. The fraction of sp³-hybridized carbons (Fsp3) is 0. The molecule has 0 bridgehead atoms. The lowest BCUT2D eigenvalue weighted by Crippen LogP contribution is -1.99. The molecule has 0 radical (unpaired) electrons. The van der Waals surface area contributed by atoms with Crippen LogP contribution >= 0.6 is 15.9 Å². The van der Waals surface area contributed by atoms with Crippen LogP contribution in [0.3, 0.4) is 0 Å². The third-order valence-corrected chi connectivity index (χ3v) is 4.77. The Morgan fingerprint density at radius 2 is 1.72 bits per heavy atom. The van der Waals surface area contributed by atoms with Gasteiger partial charge in [-0.1, -0.05) is 53.7 Å². The molecule has 3 aromatic carbocycles. The first-order chi connectivity index (χ1) is 12.1. The first kappa shape index (κ1) is 15.5. The highest BCUT2D eigenvalue weighted by atomic mass is 79.9. The maximum atomic E-state index is 11.4. The lowest BCUT2D eigenvalue weighted by Gasteiger charge is -2.04. The number of rotatable bonds is 3. The van der Waals surface area contributed by atoms with E-state index in [-0.39, 0.29) is 11.4 Å². The second-order valence-corrected chi connectivity index (χ2v) is 6.22. The molecule has 25 heavy (non-hydrogen) atoms. The maximum Gasteiger partial charge on any atom is 0.336 e. The van der Waals surface area contributed by atoms with E-state index in [1.807, 2.05) is 36.4 Å². The molecule has 122 valence electrons. The number of halogens is 1. The van der Waals surface area contributed by atoms with Crippen LogP contribution in [-0.4, -0.2) is 21.2 Å². The summed E-state index contributed by atoms with van der Waals surface area (Å²) >= 11 is 3.60. The molecular weight excluding hydrogens is 384 g/mol. The Morgan fingerprint density at radius 3 is 2.56 bits per heavy atom. The van der Waals surface area contributed by atoms with E-state index < -0.39 is 5.97 Å². The van der Waals surface area contributed by atoms with Crippen LogP contribution in [0.4, 0.5) is 0 Å². The lowest BCUT2D eigenvalue weighted by atomic mass is 10.1. The molecule has 4 rings (SSSR count). The third kappa shape index (κ3) is 2.70. The smallest absolute Gasteiger partial charge is 0.336 e. The molecule has 5 nitrogen and oxygen atoms in total. The maximum absolute atomic E-state index is 11.4. The van der Waals surface area contributed by atoms with Crippen LogP contribution in [0, 0.1) is 0 Å². The zero-order chi connectivity index (χ0) is 17.4. The summed E-state index contributed by atoms with van der Waals surface area (Å²) < 4.78 is 6.24. The predicted octanol–water partition coefficient (Wildman–Crippen LogP) is 5.02. The van der Waals surface area contributed by atoms with Crippen molar-refractivity contribution in [3.8, 4) is 22.8 Å². The van der Waals surface area contributed by atoms with Crippen molar-refractivity contribution in [1.29, 1.82) is 0 Å². The topological polar surface area (TPSA) is 76.2 Å². The molecule has 1 aromatic heterocycles. The lowest BCUT2D eigenvalue weighted by molar-refractivity contribution is 0.0697. The molecule has 1 heterocycles. The highest BCUT2D eigenvalue weighted by Gasteiger charge is 2.18. The molecule has 0 amide bonds. The number of fused-ring (bicyclic) bond motifs is 1. The molecule has 0 aliphatic rings. The SMILES string of the molecule is O=C(O)c1ccccc1-c1noc(-c2ccc3ccccc3c2Br)n1. The summed E-state index contributed by atoms with van der Waals surface area (Å²) in [7, 11) is 0. The zero-order valence-electron chi connectivity index (χ0n) is 12.8. The molecule has 4 aromatic rings. The second kappa shape index (κ2) is 6.14. The van der Waals surface area contributed by atoms with Crippen molar-refractivity contribution in [2.75, 3.05) is 0 Å². The fourth-order valence-corrected chi connectivity index (χ4v) is 3.37. The molecule has 0 unspecified atom stereocenters. The average molecular weight is 395 g/mol. The van der Waals surface area contributed by atoms with Crippen LogP contribution in [-0.2, 0) is 0 Å². The Kier molecular flexibility index (Phi) is 3.82. The minimum atomic E-state index is -1.03. The van der Waals surface area contributed by atoms with E-state index >= 15 is 0 Å². The molecule has 0 saturated carbocycles. The summed E-state index contributed by atoms with van der Waals surface area (Å²) in [6.45, 7) is 0. The van der Waals surface area contributed by atoms with Gasteiger partial charge in [-0.25, -0.2) is 4.79 Å². The van der Waals surface area contributed by atoms with Crippen LogP contribution < -0.4 is 0 Å². The molecule has 0 aliphatic heterocycles. The predicted molar refractivity (Wildman–Crippen MR) is 97.3 cm³/mol. The molecule has 0 atom stereocenters. The van der Waals surface area contributed by atoms with E-state index in [4.69, 9.17) is 4.52 Å². The highest BCUT2D eigenvalue weighted by Crippen LogP contribution is 2.34. The molecule has 0 saturated heterocycles. The minimum Gasteiger partial charge on any atom is -0.478 e. The normalized spacial score (nSPS) is 10.9. The van der Waals surface area contributed by atoms with E-state index in [0.717, 1.165) is 20.8 Å². The van der Waals surface area contributed by atoms with Crippen molar-refractivity contribution >= 4 is 32.7 Å². The Morgan fingerprint density at radius 1 is 0.960 bits per heavy atom. The Labute approximate surface area is 151 Å². The number of carboxylic acids is 1. The Hall–Kier alpha value is -2.99. The fourth-order valence-electron chi connectivity index (χ4n) is 2.71. The van der Waals surface area contributed by atoms with E-state index in [1.165, 1.54) is 6.07 Å². The van der Waals surface area contributed by atoms with Gasteiger partial charge in [0.1, 0.15) is 0 Å². The van der Waals surface area contributed by atoms with Gasteiger partial charge in [-0.15, -0.1) is 0 Å². The monoisotopic (exact) mass is 394 g/mol. The molecule has 0 aliphatic carbocycles. The summed E-state index contributed by atoms with van der Waals surface area (Å²) in [5.41, 5.74) is 1.31. The summed E-state index contributed by atoms with van der Waals surface area (Å²) in [6, 6.07) is 18.4. The van der Waals surface area contributed by atoms with Crippen molar-refractivity contribution in [2.45, 2.75) is 0 Å². The van der Waals surface area contributed by atoms with Gasteiger partial charge >= 0.3 is 5.97 Å². The van der Waals surface area contributed by atoms with Gasteiger partial charge in [-0.3, -0.25) is 0 Å². The van der Waals surface area contributed by atoms with Crippen LogP contribution in [0.15, 0.2) is 69.7 Å². The van der Waals surface area contributed by atoms with Crippen molar-refractivity contribution in [3.05, 3.63) is 70.7 Å². The number of carboxylic acid groups (broad SMARTS) is 1. The van der Waals surface area contributed by atoms with Gasteiger partial charge in [-0.05, 0) is 38.8 Å². The number of carbonyl (C=O) groups is 1. The first-order valence-electron chi connectivity index (χ1n) is 7.49. The number of benzene rings is 3. The Bertz CT molecular complexity index is 1100. The van der Waals surface area contributed by atoms with Crippen LogP contribution in [0.5, 0.6) is 0 Å². The van der Waals surface area contributed by atoms with Crippen molar-refractivity contribution in [3.63, 3.8) is 0 Å². The standard InChI is InChI=1S/C19H11BrN2O3/c20-16-12-6-2-1-5-11(12)9-10-15(16)18-21-17(22-25-18)13-7-3-4-8-14(13)19(23)24/h1-10H,(H,23,24). The quantitative estimate of drug-likeness (QED) is 0.527. The molecule has 1 N–H and O–H groups in total. The van der Waals surface area contributed by atoms with E-state index in [2.05, 4.69) is 26.1 Å². The summed E-state index contributed by atoms with van der Waals surface area (Å²) in [5.74, 6) is -0.463. The van der Waals surface area contributed by atoms with Gasteiger partial charge in [0.15, 0.2) is 0 Å². The molecule has 0 spiro atoms. The molecule has 6 heteroatoms. The van der Waals surface area contributed by atoms with E-state index in [0.29, 0.717) is 11.5 Å². The molecular formula is C19H11BrN2O3. The summed E-state index contributed by atoms with van der Waals surface area (Å²) in [4.78, 5) is 15.8. The first-order valence-corrected chi connectivity index (χ1v) is 8.28. The van der Waals surface area contributed by atoms with E-state index in [1.54, 1.807) is 18.2 Å². The van der Waals surface area contributed by atoms with Gasteiger partial charge in [0, 0.05) is 10.0 Å². The third-order valence-electron chi connectivity index (χ3n) is 3.92. The van der Waals surface area contributed by atoms with Gasteiger partial charge in [0.25, 0.3) is 5.89 Å². The number of hydrogen-bond acceptors (Lipinski definition) is 4. The zero-order valence-corrected chi connectivity index (χ0v) is 14.4. The summed E-state index contributed by atoms with van der Waals surface area (Å²) in [5, 5.41) is 15.4. The largest absolute Gasteiger partial charge is 0.478 e. The minimum absolute atomic E-state index is 0.132. The van der Waals surface area contributed by atoms with Gasteiger partial charge in [0.05, 0.1) is 11.1 Å². The van der Waals surface area contributed by atoms with Crippen LogP contribution in [0.2, 0.25) is 0 Å². The van der Waals surface area contributed by atoms with Gasteiger partial charge in [0.2, 0.25) is 5.82 Å². The number of aromatic nitrogens is 2. The Balaban J connectivity index is 1.83. The van der Waals surface area contributed by atoms with Crippen LogP contribution in [0.1, 0.15) is 10.4 Å². The number of aromatic carboxylic acids is 1. The van der Waals surface area contributed by atoms with Gasteiger partial charge in [-0.2, -0.15) is 4.98 Å². The van der Waals surface area contributed by atoms with E-state index in [9.17, 15) is 9.90 Å². The second-order valence-electron chi connectivity index (χ2n) is 5.42. The van der Waals surface area contributed by atoms with Crippen molar-refractivity contribution in [1.82, 2.24) is 10.1 Å². The highest BCUT2D eigenvalue weighted by molar-refractivity contribution is 9.10. The number of hydrogen-bond donors (Lipinski definition) is 1. The number of nitrogens with zero attached hydrogens (tertiary/aromatic N) is 2. The van der Waals surface area contributed by atoms with Crippen molar-refractivity contribution < 1.29 is 14.4 Å². The average Bonchev–Trinajstić information content (AvgIpc) is 3.12. The van der Waals surface area contributed by atoms with Crippen LogP contribution in [0.25, 0.3) is 33.6 Å². The molecule has 0 fully saturated rings. The van der Waals surface area contributed by atoms with Gasteiger partial charge < -0.3 is 9.63 Å². The van der Waals surface area contributed by atoms with Crippen molar-refractivity contribution in [2.24, 2.45) is 0 Å².